The van der Waals surface area contributed by atoms with Gasteiger partial charge in [0.1, 0.15) is 5.54 Å². The zero-order chi connectivity index (χ0) is 9.57. The maximum Gasteiger partial charge on any atom is 0.109 e. The Balaban J connectivity index is 2.56. The molecule has 0 amide bonds. The van der Waals surface area contributed by atoms with Crippen molar-refractivity contribution in [2.75, 3.05) is 19.8 Å². The van der Waals surface area contributed by atoms with Gasteiger partial charge in [-0.1, -0.05) is 5.92 Å². The Labute approximate surface area is 79.1 Å². The number of nitriles is 1. The van der Waals surface area contributed by atoms with Gasteiger partial charge >= 0.3 is 0 Å². The lowest BCUT2D eigenvalue weighted by molar-refractivity contribution is 0.140. The van der Waals surface area contributed by atoms with Crippen LogP contribution in [0.1, 0.15) is 19.3 Å². The molecule has 0 aromatic rings. The van der Waals surface area contributed by atoms with Gasteiger partial charge in [-0.15, -0.1) is 6.42 Å². The first-order chi connectivity index (χ1) is 6.33. The van der Waals surface area contributed by atoms with Crippen molar-refractivity contribution in [3.8, 4) is 18.4 Å². The number of ether oxygens (including phenoxy) is 1. The number of terminal acetylenes is 1. The molecule has 0 saturated carbocycles. The van der Waals surface area contributed by atoms with Gasteiger partial charge in [0.2, 0.25) is 0 Å². The molecule has 1 aliphatic heterocycles. The van der Waals surface area contributed by atoms with E-state index >= 15 is 0 Å². The number of nitrogens with one attached hydrogen (secondary N) is 1. The SMILES string of the molecule is C#CCNC1(C#N)CCCOCC1. The maximum atomic E-state index is 9.06. The van der Waals surface area contributed by atoms with Gasteiger partial charge in [0.15, 0.2) is 0 Å². The van der Waals surface area contributed by atoms with Crippen LogP contribution in [0.15, 0.2) is 0 Å². The number of nitrogens with zero attached hydrogens (tertiary/aromatic N) is 1. The van der Waals surface area contributed by atoms with Crippen molar-refractivity contribution in [3.05, 3.63) is 0 Å². The topological polar surface area (TPSA) is 45.0 Å². The average molecular weight is 178 g/mol. The summed E-state index contributed by atoms with van der Waals surface area (Å²) in [5.41, 5.74) is -0.455. The van der Waals surface area contributed by atoms with Crippen LogP contribution in [-0.2, 0) is 4.74 Å². The zero-order valence-corrected chi connectivity index (χ0v) is 7.68. The highest BCUT2D eigenvalue weighted by Crippen LogP contribution is 2.19. The molecule has 3 nitrogen and oxygen atoms in total. The minimum atomic E-state index is -0.455. The van der Waals surface area contributed by atoms with Crippen LogP contribution in [0.25, 0.3) is 0 Å². The molecular weight excluding hydrogens is 164 g/mol. The second-order valence-corrected chi connectivity index (χ2v) is 3.22. The predicted octanol–water partition coefficient (Wildman–Crippen LogP) is 0.672. The quantitative estimate of drug-likeness (QED) is 0.632. The van der Waals surface area contributed by atoms with Crippen molar-refractivity contribution in [2.24, 2.45) is 0 Å². The molecule has 1 atom stereocenters. The summed E-state index contributed by atoms with van der Waals surface area (Å²) in [6.07, 6.45) is 7.62. The normalized spacial score (nSPS) is 28.5. The molecule has 13 heavy (non-hydrogen) atoms. The third-order valence-electron chi connectivity index (χ3n) is 2.31. The van der Waals surface area contributed by atoms with Gasteiger partial charge in [0, 0.05) is 19.6 Å². The van der Waals surface area contributed by atoms with E-state index in [2.05, 4.69) is 17.3 Å². The van der Waals surface area contributed by atoms with E-state index in [4.69, 9.17) is 16.4 Å². The molecule has 1 N–H and O–H groups in total. The van der Waals surface area contributed by atoms with Gasteiger partial charge in [-0.3, -0.25) is 5.32 Å². The lowest BCUT2D eigenvalue weighted by Gasteiger charge is -2.24. The first-order valence-corrected chi connectivity index (χ1v) is 4.50. The molecule has 0 radical (unpaired) electrons. The highest BCUT2D eigenvalue weighted by molar-refractivity contribution is 5.09. The first kappa shape index (κ1) is 10.1. The fourth-order valence-corrected chi connectivity index (χ4v) is 1.50. The van der Waals surface area contributed by atoms with Gasteiger partial charge in [0.05, 0.1) is 12.6 Å². The van der Waals surface area contributed by atoms with Gasteiger partial charge in [-0.05, 0) is 12.8 Å². The van der Waals surface area contributed by atoms with Crippen molar-refractivity contribution in [3.63, 3.8) is 0 Å². The molecule has 0 aromatic heterocycles. The first-order valence-electron chi connectivity index (χ1n) is 4.50. The Bertz CT molecular complexity index is 228. The molecule has 0 aliphatic carbocycles. The summed E-state index contributed by atoms with van der Waals surface area (Å²) in [4.78, 5) is 0. The van der Waals surface area contributed by atoms with Crippen LogP contribution < -0.4 is 5.32 Å². The lowest BCUT2D eigenvalue weighted by Crippen LogP contribution is -2.44. The van der Waals surface area contributed by atoms with Crippen LogP contribution in [0.5, 0.6) is 0 Å². The summed E-state index contributed by atoms with van der Waals surface area (Å²) in [5.74, 6) is 2.49. The van der Waals surface area contributed by atoms with E-state index in [9.17, 15) is 0 Å². The van der Waals surface area contributed by atoms with Crippen molar-refractivity contribution >= 4 is 0 Å². The van der Waals surface area contributed by atoms with Crippen LogP contribution in [0.4, 0.5) is 0 Å². The third kappa shape index (κ3) is 2.73. The summed E-state index contributed by atoms with van der Waals surface area (Å²) >= 11 is 0. The highest BCUT2D eigenvalue weighted by atomic mass is 16.5. The van der Waals surface area contributed by atoms with Gasteiger partial charge < -0.3 is 4.74 Å². The van der Waals surface area contributed by atoms with E-state index in [-0.39, 0.29) is 0 Å². The van der Waals surface area contributed by atoms with Crippen molar-refractivity contribution in [2.45, 2.75) is 24.8 Å². The molecule has 1 heterocycles. The fraction of sp³-hybridized carbons (Fsp3) is 0.700. The van der Waals surface area contributed by atoms with Gasteiger partial charge in [-0.2, -0.15) is 5.26 Å². The molecule has 1 aliphatic rings. The number of hydrogen-bond donors (Lipinski definition) is 1. The second kappa shape index (κ2) is 4.87. The van der Waals surface area contributed by atoms with E-state index in [0.717, 1.165) is 25.9 Å². The zero-order valence-electron chi connectivity index (χ0n) is 7.68. The Morgan fingerprint density at radius 1 is 1.46 bits per heavy atom. The number of hydrogen-bond acceptors (Lipinski definition) is 3. The third-order valence-corrected chi connectivity index (χ3v) is 2.31. The highest BCUT2D eigenvalue weighted by Gasteiger charge is 2.29. The smallest absolute Gasteiger partial charge is 0.109 e. The minimum absolute atomic E-state index is 0.452. The molecule has 70 valence electrons. The van der Waals surface area contributed by atoms with Crippen LogP contribution in [0.3, 0.4) is 0 Å². The average Bonchev–Trinajstić information content (AvgIpc) is 2.41. The Morgan fingerprint density at radius 3 is 3.00 bits per heavy atom. The summed E-state index contributed by atoms with van der Waals surface area (Å²) in [7, 11) is 0. The van der Waals surface area contributed by atoms with Crippen molar-refractivity contribution in [1.82, 2.24) is 5.32 Å². The monoisotopic (exact) mass is 178 g/mol. The van der Waals surface area contributed by atoms with Crippen LogP contribution >= 0.6 is 0 Å². The maximum absolute atomic E-state index is 9.06. The molecule has 1 rings (SSSR count). The largest absolute Gasteiger partial charge is 0.381 e. The molecule has 1 saturated heterocycles. The van der Waals surface area contributed by atoms with E-state index in [1.807, 2.05) is 0 Å². The van der Waals surface area contributed by atoms with Crippen LogP contribution in [0.2, 0.25) is 0 Å². The minimum Gasteiger partial charge on any atom is -0.381 e. The van der Waals surface area contributed by atoms with E-state index < -0.39 is 5.54 Å². The molecule has 1 unspecified atom stereocenters. The van der Waals surface area contributed by atoms with Crippen molar-refractivity contribution < 1.29 is 4.74 Å². The molecular formula is C10H14N2O. The fourth-order valence-electron chi connectivity index (χ4n) is 1.50. The Hall–Kier alpha value is -1.03. The van der Waals surface area contributed by atoms with Crippen molar-refractivity contribution in [1.29, 1.82) is 5.26 Å². The Morgan fingerprint density at radius 2 is 2.31 bits per heavy atom. The molecule has 3 heteroatoms. The summed E-state index contributed by atoms with van der Waals surface area (Å²) < 4.78 is 5.29. The van der Waals surface area contributed by atoms with E-state index in [0.29, 0.717) is 13.2 Å². The molecule has 0 aromatic carbocycles. The lowest BCUT2D eigenvalue weighted by atomic mass is 9.92. The van der Waals surface area contributed by atoms with E-state index in [1.54, 1.807) is 0 Å². The predicted molar refractivity (Wildman–Crippen MR) is 49.8 cm³/mol. The van der Waals surface area contributed by atoms with E-state index in [1.165, 1.54) is 0 Å². The molecule has 0 bridgehead atoms. The summed E-state index contributed by atoms with van der Waals surface area (Å²) in [6, 6.07) is 2.31. The second-order valence-electron chi connectivity index (χ2n) is 3.22. The van der Waals surface area contributed by atoms with Gasteiger partial charge in [0.25, 0.3) is 0 Å². The van der Waals surface area contributed by atoms with Crippen LogP contribution in [-0.4, -0.2) is 25.3 Å². The molecule has 1 fully saturated rings. The standard InChI is InChI=1S/C10H14N2O/c1-2-6-12-10(9-11)4-3-7-13-8-5-10/h1,12H,3-8H2. The summed E-state index contributed by atoms with van der Waals surface area (Å²) in [6.45, 7) is 1.85. The summed E-state index contributed by atoms with van der Waals surface area (Å²) in [5, 5.41) is 12.2. The van der Waals surface area contributed by atoms with Crippen LogP contribution in [0, 0.1) is 23.7 Å². The molecule has 0 spiro atoms. The van der Waals surface area contributed by atoms with Gasteiger partial charge in [-0.25, -0.2) is 0 Å². The Kier molecular flexibility index (Phi) is 3.76. The number of rotatable bonds is 2.